The number of hydrogen-bond acceptors (Lipinski definition) is 1. The van der Waals surface area contributed by atoms with Crippen LogP contribution in [-0.4, -0.2) is 24.0 Å². The standard InChI is InChI=1S/C15H18F2N2O/c16-12-4-5-13(17)14(7-12)18-15(20)19-8-10-2-1-3-11(6-10)9-19/h4-5,7,10-11H,1-3,6,8-9H2,(H,18,20). The first-order chi connectivity index (χ1) is 9.61. The fourth-order valence-electron chi connectivity index (χ4n) is 3.39. The normalized spacial score (nSPS) is 25.4. The number of hydrogen-bond donors (Lipinski definition) is 1. The molecule has 2 aliphatic rings. The van der Waals surface area contributed by atoms with Crippen molar-refractivity contribution in [1.29, 1.82) is 0 Å². The number of carbonyl (C=O) groups is 1. The molecule has 0 radical (unpaired) electrons. The number of anilines is 1. The molecule has 1 heterocycles. The molecule has 2 bridgehead atoms. The lowest BCUT2D eigenvalue weighted by Crippen LogP contribution is -2.47. The van der Waals surface area contributed by atoms with E-state index in [0.29, 0.717) is 11.8 Å². The second-order valence-corrected chi connectivity index (χ2v) is 5.86. The van der Waals surface area contributed by atoms with Crippen LogP contribution in [0.4, 0.5) is 19.3 Å². The Balaban J connectivity index is 1.68. The van der Waals surface area contributed by atoms with Crippen LogP contribution in [0, 0.1) is 23.5 Å². The minimum absolute atomic E-state index is 0.0919. The van der Waals surface area contributed by atoms with Gasteiger partial charge in [-0.3, -0.25) is 0 Å². The van der Waals surface area contributed by atoms with Crippen LogP contribution in [-0.2, 0) is 0 Å². The molecule has 3 rings (SSSR count). The van der Waals surface area contributed by atoms with E-state index in [1.807, 2.05) is 0 Å². The van der Waals surface area contributed by atoms with E-state index in [4.69, 9.17) is 0 Å². The molecule has 3 nitrogen and oxygen atoms in total. The van der Waals surface area contributed by atoms with Gasteiger partial charge in [0.05, 0.1) is 5.69 Å². The fraction of sp³-hybridized carbons (Fsp3) is 0.533. The van der Waals surface area contributed by atoms with Crippen molar-refractivity contribution in [2.75, 3.05) is 18.4 Å². The number of fused-ring (bicyclic) bond motifs is 2. The van der Waals surface area contributed by atoms with Crippen LogP contribution in [0.25, 0.3) is 0 Å². The van der Waals surface area contributed by atoms with Gasteiger partial charge in [-0.05, 0) is 43.2 Å². The van der Waals surface area contributed by atoms with E-state index in [1.165, 1.54) is 12.8 Å². The summed E-state index contributed by atoms with van der Waals surface area (Å²) < 4.78 is 26.6. The molecule has 1 aliphatic heterocycles. The van der Waals surface area contributed by atoms with Crippen LogP contribution in [0.2, 0.25) is 0 Å². The maximum absolute atomic E-state index is 13.5. The van der Waals surface area contributed by atoms with E-state index in [1.54, 1.807) is 4.90 Å². The number of amides is 2. The first-order valence-electron chi connectivity index (χ1n) is 7.13. The maximum atomic E-state index is 13.5. The summed E-state index contributed by atoms with van der Waals surface area (Å²) in [4.78, 5) is 13.9. The third-order valence-corrected chi connectivity index (χ3v) is 4.31. The highest BCUT2D eigenvalue weighted by Gasteiger charge is 2.32. The number of rotatable bonds is 1. The highest BCUT2D eigenvalue weighted by Crippen LogP contribution is 2.34. The molecule has 1 aromatic rings. The third-order valence-electron chi connectivity index (χ3n) is 4.31. The second-order valence-electron chi connectivity index (χ2n) is 5.86. The Kier molecular flexibility index (Phi) is 3.59. The molecule has 0 aromatic heterocycles. The van der Waals surface area contributed by atoms with E-state index >= 15 is 0 Å². The lowest BCUT2D eigenvalue weighted by Gasteiger charge is -2.41. The van der Waals surface area contributed by atoms with Gasteiger partial charge in [0.25, 0.3) is 0 Å². The van der Waals surface area contributed by atoms with Gasteiger partial charge < -0.3 is 10.2 Å². The quantitative estimate of drug-likeness (QED) is 0.837. The Bertz CT molecular complexity index is 509. The van der Waals surface area contributed by atoms with Gasteiger partial charge in [-0.25, -0.2) is 13.6 Å². The molecule has 108 valence electrons. The van der Waals surface area contributed by atoms with Crippen LogP contribution in [0.1, 0.15) is 25.7 Å². The molecular weight excluding hydrogens is 262 g/mol. The van der Waals surface area contributed by atoms with Crippen molar-refractivity contribution < 1.29 is 13.6 Å². The Morgan fingerprint density at radius 1 is 1.20 bits per heavy atom. The van der Waals surface area contributed by atoms with Crippen LogP contribution in [0.15, 0.2) is 18.2 Å². The van der Waals surface area contributed by atoms with Gasteiger partial charge in [0.15, 0.2) is 0 Å². The summed E-state index contributed by atoms with van der Waals surface area (Å²) in [5.74, 6) is -0.0506. The van der Waals surface area contributed by atoms with Gasteiger partial charge >= 0.3 is 6.03 Å². The lowest BCUT2D eigenvalue weighted by atomic mass is 9.78. The first kappa shape index (κ1) is 13.3. The predicted molar refractivity (Wildman–Crippen MR) is 72.4 cm³/mol. The zero-order valence-corrected chi connectivity index (χ0v) is 11.2. The van der Waals surface area contributed by atoms with Crippen LogP contribution < -0.4 is 5.32 Å². The van der Waals surface area contributed by atoms with Gasteiger partial charge in [-0.1, -0.05) is 6.42 Å². The van der Waals surface area contributed by atoms with Gasteiger partial charge in [-0.15, -0.1) is 0 Å². The van der Waals surface area contributed by atoms with Crippen molar-refractivity contribution in [1.82, 2.24) is 4.90 Å². The molecule has 5 heteroatoms. The van der Waals surface area contributed by atoms with Crippen molar-refractivity contribution in [3.63, 3.8) is 0 Å². The topological polar surface area (TPSA) is 32.3 Å². The summed E-state index contributed by atoms with van der Waals surface area (Å²) in [5, 5.41) is 2.48. The Hall–Kier alpha value is -1.65. The molecule has 2 amide bonds. The zero-order chi connectivity index (χ0) is 14.1. The fourth-order valence-corrected chi connectivity index (χ4v) is 3.39. The molecular formula is C15H18F2N2O. The zero-order valence-electron chi connectivity index (χ0n) is 11.2. The third kappa shape index (κ3) is 2.76. The number of nitrogens with one attached hydrogen (secondary N) is 1. The number of urea groups is 1. The Morgan fingerprint density at radius 2 is 1.90 bits per heavy atom. The molecule has 1 saturated carbocycles. The van der Waals surface area contributed by atoms with Crippen LogP contribution in [0.3, 0.4) is 0 Å². The predicted octanol–water partition coefficient (Wildman–Crippen LogP) is 3.62. The molecule has 1 N–H and O–H groups in total. The Morgan fingerprint density at radius 3 is 2.60 bits per heavy atom. The van der Waals surface area contributed by atoms with Crippen molar-refractivity contribution in [2.24, 2.45) is 11.8 Å². The summed E-state index contributed by atoms with van der Waals surface area (Å²) in [6, 6.07) is 2.75. The number of nitrogens with zero attached hydrogens (tertiary/aromatic N) is 1. The summed E-state index contributed by atoms with van der Waals surface area (Å²) in [5.41, 5.74) is -0.0919. The molecule has 1 aliphatic carbocycles. The Labute approximate surface area is 117 Å². The number of carbonyl (C=O) groups excluding carboxylic acids is 1. The average Bonchev–Trinajstić information content (AvgIpc) is 2.42. The lowest BCUT2D eigenvalue weighted by molar-refractivity contribution is 0.109. The molecule has 20 heavy (non-hydrogen) atoms. The minimum Gasteiger partial charge on any atom is -0.324 e. The molecule has 1 aromatic carbocycles. The smallest absolute Gasteiger partial charge is 0.321 e. The number of likely N-dealkylation sites (tertiary alicyclic amines) is 1. The van der Waals surface area contributed by atoms with E-state index < -0.39 is 11.6 Å². The SMILES string of the molecule is O=C(Nc1cc(F)ccc1F)N1CC2CCCC(C2)C1. The molecule has 1 saturated heterocycles. The van der Waals surface area contributed by atoms with E-state index in [-0.39, 0.29) is 11.7 Å². The summed E-state index contributed by atoms with van der Waals surface area (Å²) in [6.07, 6.45) is 4.75. The second kappa shape index (κ2) is 5.38. The summed E-state index contributed by atoms with van der Waals surface area (Å²) >= 11 is 0. The van der Waals surface area contributed by atoms with E-state index in [2.05, 4.69) is 5.32 Å². The molecule has 2 unspecified atom stereocenters. The summed E-state index contributed by atoms with van der Waals surface area (Å²) in [6.45, 7) is 1.44. The van der Waals surface area contributed by atoms with Crippen molar-refractivity contribution in [3.05, 3.63) is 29.8 Å². The number of piperidine rings is 1. The summed E-state index contributed by atoms with van der Waals surface area (Å²) in [7, 11) is 0. The molecule has 0 spiro atoms. The van der Waals surface area contributed by atoms with E-state index in [9.17, 15) is 13.6 Å². The molecule has 2 atom stereocenters. The highest BCUT2D eigenvalue weighted by molar-refractivity contribution is 5.89. The van der Waals surface area contributed by atoms with Gasteiger partial charge in [0, 0.05) is 19.2 Å². The van der Waals surface area contributed by atoms with Crippen molar-refractivity contribution in [3.8, 4) is 0 Å². The maximum Gasteiger partial charge on any atom is 0.321 e. The highest BCUT2D eigenvalue weighted by atomic mass is 19.1. The first-order valence-corrected chi connectivity index (χ1v) is 7.13. The van der Waals surface area contributed by atoms with E-state index in [0.717, 1.165) is 44.1 Å². The molecule has 2 fully saturated rings. The van der Waals surface area contributed by atoms with Crippen molar-refractivity contribution in [2.45, 2.75) is 25.7 Å². The van der Waals surface area contributed by atoms with Crippen molar-refractivity contribution >= 4 is 11.7 Å². The van der Waals surface area contributed by atoms with Gasteiger partial charge in [0.1, 0.15) is 11.6 Å². The monoisotopic (exact) mass is 280 g/mol. The number of halogens is 2. The minimum atomic E-state index is -0.614. The van der Waals surface area contributed by atoms with Gasteiger partial charge in [0.2, 0.25) is 0 Å². The number of benzene rings is 1. The van der Waals surface area contributed by atoms with Crippen LogP contribution in [0.5, 0.6) is 0 Å². The van der Waals surface area contributed by atoms with Crippen LogP contribution >= 0.6 is 0 Å². The largest absolute Gasteiger partial charge is 0.324 e. The average molecular weight is 280 g/mol. The van der Waals surface area contributed by atoms with Gasteiger partial charge in [-0.2, -0.15) is 0 Å².